The highest BCUT2D eigenvalue weighted by molar-refractivity contribution is 6.01. The van der Waals surface area contributed by atoms with Gasteiger partial charge in [-0.3, -0.25) is 38.5 Å². The van der Waals surface area contributed by atoms with Gasteiger partial charge >= 0.3 is 5.97 Å². The third kappa shape index (κ3) is 19.3. The third-order valence-corrected chi connectivity index (χ3v) is 7.04. The largest absolute Gasteiger partial charge is 0.359 e. The van der Waals surface area contributed by atoms with Crippen LogP contribution in [0, 0.1) is 0 Å². The first-order valence-corrected chi connectivity index (χ1v) is 16.1. The minimum atomic E-state index is -0.674. The molecule has 16 nitrogen and oxygen atoms in total. The second kappa shape index (κ2) is 24.2. The molecule has 0 aromatic rings. The topological polar surface area (TPSA) is 212 Å². The molecule has 0 unspecified atom stereocenters. The molecule has 1 aliphatic heterocycles. The molecule has 5 N–H and O–H groups in total. The molecule has 1 aliphatic rings. The Hall–Kier alpha value is -4.08. The standard InChI is InChI=1S/C30H51N7O9/c1-31-23(38)12-6-3-9-17-33-25(40)20-36(21-26(41)34-18-10-4-7-13-24(39)32-2)22-27(42)35-19-11-5-8-14-30(45)46-37-28(43)15-16-29(37)44/h3-22H2,1-2H3,(H,31,38)(H,32,39)(H,33,40)(H,34,41)(H,35,42). The second-order valence-electron chi connectivity index (χ2n) is 11.0. The number of nitrogens with one attached hydrogen (secondary N) is 5. The summed E-state index contributed by atoms with van der Waals surface area (Å²) < 4.78 is 0. The molecule has 0 bridgehead atoms. The maximum atomic E-state index is 12.6. The molecule has 1 rings (SSSR count). The quantitative estimate of drug-likeness (QED) is 0.0625. The van der Waals surface area contributed by atoms with Gasteiger partial charge in [-0.05, 0) is 38.5 Å². The number of carbonyl (C=O) groups is 8. The van der Waals surface area contributed by atoms with Crippen LogP contribution in [-0.2, 0) is 43.2 Å². The number of nitrogens with zero attached hydrogens (tertiary/aromatic N) is 2. The average Bonchev–Trinajstić information content (AvgIpc) is 3.33. The Balaban J connectivity index is 2.41. The summed E-state index contributed by atoms with van der Waals surface area (Å²) in [6, 6.07) is 0. The molecule has 0 atom stereocenters. The molecule has 260 valence electrons. The Labute approximate surface area is 270 Å². The molecule has 0 aromatic heterocycles. The first-order chi connectivity index (χ1) is 22.0. The lowest BCUT2D eigenvalue weighted by atomic mass is 10.2. The fourth-order valence-corrected chi connectivity index (χ4v) is 4.43. The fraction of sp³-hybridized carbons (Fsp3) is 0.733. The number of hydrogen-bond acceptors (Lipinski definition) is 10. The minimum Gasteiger partial charge on any atom is -0.359 e. The first kappa shape index (κ1) is 39.9. The molecule has 0 saturated carbocycles. The van der Waals surface area contributed by atoms with E-state index in [1.54, 1.807) is 14.1 Å². The summed E-state index contributed by atoms with van der Waals surface area (Å²) in [5.74, 6) is -2.83. The lowest BCUT2D eigenvalue weighted by Gasteiger charge is -2.21. The number of imide groups is 1. The molecular formula is C30H51N7O9. The van der Waals surface area contributed by atoms with E-state index in [0.717, 1.165) is 12.8 Å². The number of carbonyl (C=O) groups excluding carboxylic acids is 8. The van der Waals surface area contributed by atoms with Crippen molar-refractivity contribution in [1.82, 2.24) is 36.5 Å². The highest BCUT2D eigenvalue weighted by Crippen LogP contribution is 2.13. The molecule has 0 spiro atoms. The zero-order chi connectivity index (χ0) is 34.2. The van der Waals surface area contributed by atoms with Crippen molar-refractivity contribution in [3.63, 3.8) is 0 Å². The van der Waals surface area contributed by atoms with Crippen LogP contribution >= 0.6 is 0 Å². The van der Waals surface area contributed by atoms with Crippen molar-refractivity contribution >= 4 is 47.3 Å². The van der Waals surface area contributed by atoms with Gasteiger partial charge in [-0.1, -0.05) is 19.3 Å². The Morgan fingerprint density at radius 3 is 1.30 bits per heavy atom. The van der Waals surface area contributed by atoms with Crippen LogP contribution in [0.3, 0.4) is 0 Å². The van der Waals surface area contributed by atoms with Crippen molar-refractivity contribution in [2.45, 2.75) is 89.9 Å². The zero-order valence-electron chi connectivity index (χ0n) is 27.2. The van der Waals surface area contributed by atoms with E-state index in [1.165, 1.54) is 4.90 Å². The van der Waals surface area contributed by atoms with E-state index in [1.807, 2.05) is 0 Å². The van der Waals surface area contributed by atoms with Gasteiger partial charge in [0.1, 0.15) is 0 Å². The van der Waals surface area contributed by atoms with Crippen molar-refractivity contribution in [3.05, 3.63) is 0 Å². The van der Waals surface area contributed by atoms with Gasteiger partial charge in [0.15, 0.2) is 0 Å². The summed E-state index contributed by atoms with van der Waals surface area (Å²) in [6.07, 6.45) is 6.83. The molecule has 1 heterocycles. The summed E-state index contributed by atoms with van der Waals surface area (Å²) in [6.45, 7) is 0.642. The van der Waals surface area contributed by atoms with E-state index in [0.29, 0.717) is 82.5 Å². The van der Waals surface area contributed by atoms with Crippen molar-refractivity contribution in [1.29, 1.82) is 0 Å². The molecule has 16 heteroatoms. The number of rotatable bonds is 25. The number of unbranched alkanes of at least 4 members (excludes halogenated alkanes) is 6. The van der Waals surface area contributed by atoms with Gasteiger partial charge in [-0.2, -0.15) is 0 Å². The predicted octanol–water partition coefficient (Wildman–Crippen LogP) is -0.583. The van der Waals surface area contributed by atoms with Gasteiger partial charge in [-0.25, -0.2) is 4.79 Å². The number of hydrogen-bond donors (Lipinski definition) is 5. The predicted molar refractivity (Wildman–Crippen MR) is 166 cm³/mol. The Bertz CT molecular complexity index is 980. The highest BCUT2D eigenvalue weighted by Gasteiger charge is 2.32. The SMILES string of the molecule is CNC(=O)CCCCCNC(=O)CN(CC(=O)NCCCCCC(=O)NC)CC(=O)NCCCCCC(=O)ON1C(=O)CCC1=O. The summed E-state index contributed by atoms with van der Waals surface area (Å²) in [5, 5.41) is 14.0. The molecule has 0 aliphatic carbocycles. The van der Waals surface area contributed by atoms with Crippen LogP contribution in [0.5, 0.6) is 0 Å². The lowest BCUT2D eigenvalue weighted by molar-refractivity contribution is -0.197. The number of hydroxylamine groups is 2. The fourth-order valence-electron chi connectivity index (χ4n) is 4.43. The van der Waals surface area contributed by atoms with Crippen molar-refractivity contribution in [3.8, 4) is 0 Å². The highest BCUT2D eigenvalue weighted by atomic mass is 16.7. The molecular weight excluding hydrogens is 602 g/mol. The van der Waals surface area contributed by atoms with E-state index >= 15 is 0 Å². The normalized spacial score (nSPS) is 12.5. The summed E-state index contributed by atoms with van der Waals surface area (Å²) in [7, 11) is 3.16. The zero-order valence-corrected chi connectivity index (χ0v) is 27.2. The van der Waals surface area contributed by atoms with Crippen molar-refractivity contribution in [2.75, 3.05) is 53.4 Å². The van der Waals surface area contributed by atoms with Crippen LogP contribution in [0.4, 0.5) is 0 Å². The van der Waals surface area contributed by atoms with Gasteiger partial charge in [0.05, 0.1) is 19.6 Å². The Morgan fingerprint density at radius 2 is 0.935 bits per heavy atom. The summed E-state index contributed by atoms with van der Waals surface area (Å²) in [5.41, 5.74) is 0. The summed E-state index contributed by atoms with van der Waals surface area (Å²) in [4.78, 5) is 102. The lowest BCUT2D eigenvalue weighted by Crippen LogP contribution is -2.47. The van der Waals surface area contributed by atoms with E-state index in [9.17, 15) is 38.4 Å². The molecule has 7 amide bonds. The minimum absolute atomic E-state index is 0.0190. The maximum Gasteiger partial charge on any atom is 0.333 e. The van der Waals surface area contributed by atoms with Gasteiger partial charge in [-0.15, -0.1) is 5.06 Å². The van der Waals surface area contributed by atoms with E-state index in [-0.39, 0.29) is 68.4 Å². The molecule has 46 heavy (non-hydrogen) atoms. The Kier molecular flexibility index (Phi) is 21.0. The average molecular weight is 654 g/mol. The van der Waals surface area contributed by atoms with Crippen LogP contribution in [-0.4, -0.2) is 111 Å². The van der Waals surface area contributed by atoms with Crippen LogP contribution in [0.1, 0.15) is 89.9 Å². The van der Waals surface area contributed by atoms with E-state index in [4.69, 9.17) is 4.84 Å². The Morgan fingerprint density at radius 1 is 0.565 bits per heavy atom. The third-order valence-electron chi connectivity index (χ3n) is 7.04. The molecule has 0 aromatic carbocycles. The van der Waals surface area contributed by atoms with Gasteiger partial charge < -0.3 is 31.4 Å². The monoisotopic (exact) mass is 653 g/mol. The molecule has 0 radical (unpaired) electrons. The van der Waals surface area contributed by atoms with Crippen LogP contribution in [0.15, 0.2) is 0 Å². The first-order valence-electron chi connectivity index (χ1n) is 16.1. The van der Waals surface area contributed by atoms with Crippen LogP contribution in [0.2, 0.25) is 0 Å². The molecule has 1 saturated heterocycles. The molecule has 1 fully saturated rings. The second-order valence-corrected chi connectivity index (χ2v) is 11.0. The maximum absolute atomic E-state index is 12.6. The van der Waals surface area contributed by atoms with E-state index < -0.39 is 17.8 Å². The smallest absolute Gasteiger partial charge is 0.333 e. The number of amides is 7. The van der Waals surface area contributed by atoms with E-state index in [2.05, 4.69) is 26.6 Å². The van der Waals surface area contributed by atoms with Crippen molar-refractivity contribution in [2.24, 2.45) is 0 Å². The summed E-state index contributed by atoms with van der Waals surface area (Å²) >= 11 is 0. The van der Waals surface area contributed by atoms with Crippen LogP contribution < -0.4 is 26.6 Å². The van der Waals surface area contributed by atoms with Gasteiger partial charge in [0.25, 0.3) is 11.8 Å². The van der Waals surface area contributed by atoms with Gasteiger partial charge in [0, 0.05) is 65.8 Å². The van der Waals surface area contributed by atoms with Crippen LogP contribution in [0.25, 0.3) is 0 Å². The van der Waals surface area contributed by atoms with Gasteiger partial charge in [0.2, 0.25) is 29.5 Å². The van der Waals surface area contributed by atoms with Crippen molar-refractivity contribution < 1.29 is 43.2 Å².